The van der Waals surface area contributed by atoms with Crippen LogP contribution in [0.4, 0.5) is 5.82 Å². The Hall–Kier alpha value is -2.11. The van der Waals surface area contributed by atoms with Crippen LogP contribution in [0.2, 0.25) is 0 Å². The standard InChI is InChI=1S/C9H10N4O2/c1-6-5-10-9(15-6)8(14)12-7-3-4-11-13(7)2/h3-5H,1-2H3,(H,12,14). The van der Waals surface area contributed by atoms with Crippen LogP contribution in [0.3, 0.4) is 0 Å². The van der Waals surface area contributed by atoms with Crippen molar-refractivity contribution >= 4 is 11.7 Å². The number of aryl methyl sites for hydroxylation is 2. The summed E-state index contributed by atoms with van der Waals surface area (Å²) in [5, 5.41) is 6.54. The second-order valence-electron chi connectivity index (χ2n) is 3.07. The summed E-state index contributed by atoms with van der Waals surface area (Å²) in [5.74, 6) is 0.862. The van der Waals surface area contributed by atoms with Crippen LogP contribution >= 0.6 is 0 Å². The number of hydrogen-bond donors (Lipinski definition) is 1. The van der Waals surface area contributed by atoms with Crippen molar-refractivity contribution in [3.8, 4) is 0 Å². The Morgan fingerprint density at radius 3 is 2.93 bits per heavy atom. The van der Waals surface area contributed by atoms with E-state index in [4.69, 9.17) is 4.42 Å². The molecule has 0 spiro atoms. The quantitative estimate of drug-likeness (QED) is 0.794. The maximum atomic E-state index is 11.6. The lowest BCUT2D eigenvalue weighted by Crippen LogP contribution is -2.14. The minimum Gasteiger partial charge on any atom is -0.438 e. The molecule has 0 saturated carbocycles. The molecule has 1 amide bonds. The van der Waals surface area contributed by atoms with Gasteiger partial charge < -0.3 is 9.73 Å². The van der Waals surface area contributed by atoms with E-state index in [0.717, 1.165) is 0 Å². The monoisotopic (exact) mass is 206 g/mol. The first-order chi connectivity index (χ1) is 7.16. The third kappa shape index (κ3) is 1.88. The third-order valence-electron chi connectivity index (χ3n) is 1.88. The summed E-state index contributed by atoms with van der Waals surface area (Å²) in [6.07, 6.45) is 3.09. The number of nitrogens with zero attached hydrogens (tertiary/aromatic N) is 3. The molecule has 78 valence electrons. The number of oxazole rings is 1. The number of nitrogens with one attached hydrogen (secondary N) is 1. The average Bonchev–Trinajstić information content (AvgIpc) is 2.77. The summed E-state index contributed by atoms with van der Waals surface area (Å²) < 4.78 is 6.63. The largest absolute Gasteiger partial charge is 0.438 e. The molecule has 15 heavy (non-hydrogen) atoms. The van der Waals surface area contributed by atoms with Crippen molar-refractivity contribution in [2.45, 2.75) is 6.92 Å². The Balaban J connectivity index is 2.14. The molecule has 0 saturated heterocycles. The van der Waals surface area contributed by atoms with Gasteiger partial charge in [0.25, 0.3) is 5.89 Å². The van der Waals surface area contributed by atoms with Gasteiger partial charge in [0.2, 0.25) is 0 Å². The molecule has 1 N–H and O–H groups in total. The fourth-order valence-corrected chi connectivity index (χ4v) is 1.13. The summed E-state index contributed by atoms with van der Waals surface area (Å²) in [6, 6.07) is 1.69. The molecule has 2 aromatic heterocycles. The molecular formula is C9H10N4O2. The molecule has 0 unspecified atom stereocenters. The van der Waals surface area contributed by atoms with Gasteiger partial charge in [-0.15, -0.1) is 0 Å². The molecule has 0 aliphatic rings. The van der Waals surface area contributed by atoms with Gasteiger partial charge in [0.15, 0.2) is 0 Å². The summed E-state index contributed by atoms with van der Waals surface area (Å²) >= 11 is 0. The van der Waals surface area contributed by atoms with Crippen LogP contribution in [0.5, 0.6) is 0 Å². The lowest BCUT2D eigenvalue weighted by atomic mass is 10.5. The molecule has 6 heteroatoms. The molecule has 0 radical (unpaired) electrons. The summed E-state index contributed by atoms with van der Waals surface area (Å²) in [6.45, 7) is 1.73. The number of anilines is 1. The Labute approximate surface area is 85.9 Å². The van der Waals surface area contributed by atoms with E-state index in [-0.39, 0.29) is 11.8 Å². The van der Waals surface area contributed by atoms with Crippen LogP contribution in [-0.2, 0) is 7.05 Å². The van der Waals surface area contributed by atoms with E-state index < -0.39 is 0 Å². The average molecular weight is 206 g/mol. The van der Waals surface area contributed by atoms with Crippen LogP contribution < -0.4 is 5.32 Å². The van der Waals surface area contributed by atoms with Gasteiger partial charge in [-0.25, -0.2) is 4.98 Å². The van der Waals surface area contributed by atoms with Gasteiger partial charge in [0, 0.05) is 13.1 Å². The van der Waals surface area contributed by atoms with E-state index in [9.17, 15) is 4.79 Å². The first kappa shape index (κ1) is 9.45. The first-order valence-electron chi connectivity index (χ1n) is 4.38. The maximum Gasteiger partial charge on any atom is 0.312 e. The lowest BCUT2D eigenvalue weighted by Gasteiger charge is -2.01. The SMILES string of the molecule is Cc1cnc(C(=O)Nc2ccnn2C)o1. The van der Waals surface area contributed by atoms with Gasteiger partial charge in [0.05, 0.1) is 12.4 Å². The van der Waals surface area contributed by atoms with E-state index >= 15 is 0 Å². The predicted octanol–water partition coefficient (Wildman–Crippen LogP) is 0.969. The van der Waals surface area contributed by atoms with Gasteiger partial charge in [-0.3, -0.25) is 9.48 Å². The first-order valence-corrected chi connectivity index (χ1v) is 4.38. The van der Waals surface area contributed by atoms with Gasteiger partial charge in [0.1, 0.15) is 11.6 Å². The van der Waals surface area contributed by atoms with Crippen molar-refractivity contribution in [2.75, 3.05) is 5.32 Å². The van der Waals surface area contributed by atoms with Crippen molar-refractivity contribution in [2.24, 2.45) is 7.05 Å². The fourth-order valence-electron chi connectivity index (χ4n) is 1.13. The zero-order valence-corrected chi connectivity index (χ0v) is 8.39. The summed E-state index contributed by atoms with van der Waals surface area (Å²) in [5.41, 5.74) is 0. The van der Waals surface area contributed by atoms with E-state index in [0.29, 0.717) is 11.6 Å². The molecule has 0 bridgehead atoms. The highest BCUT2D eigenvalue weighted by Crippen LogP contribution is 2.07. The van der Waals surface area contributed by atoms with Crippen LogP contribution in [0, 0.1) is 6.92 Å². The summed E-state index contributed by atoms with van der Waals surface area (Å²) in [4.78, 5) is 15.4. The molecule has 0 aromatic carbocycles. The smallest absolute Gasteiger partial charge is 0.312 e. The van der Waals surface area contributed by atoms with E-state index in [1.165, 1.54) is 6.20 Å². The van der Waals surface area contributed by atoms with Crippen molar-refractivity contribution in [3.63, 3.8) is 0 Å². The Morgan fingerprint density at radius 1 is 1.60 bits per heavy atom. The number of carbonyl (C=O) groups is 1. The second kappa shape index (κ2) is 3.56. The molecule has 0 fully saturated rings. The van der Waals surface area contributed by atoms with E-state index in [1.54, 1.807) is 30.9 Å². The molecule has 2 heterocycles. The van der Waals surface area contributed by atoms with Crippen LogP contribution in [0.15, 0.2) is 22.9 Å². The highest BCUT2D eigenvalue weighted by molar-refractivity contribution is 6.00. The second-order valence-corrected chi connectivity index (χ2v) is 3.07. The van der Waals surface area contributed by atoms with Crippen molar-refractivity contribution < 1.29 is 9.21 Å². The number of aromatic nitrogens is 3. The predicted molar refractivity (Wildman–Crippen MR) is 52.4 cm³/mol. The van der Waals surface area contributed by atoms with Gasteiger partial charge in [-0.1, -0.05) is 0 Å². The van der Waals surface area contributed by atoms with Crippen molar-refractivity contribution in [1.82, 2.24) is 14.8 Å². The fraction of sp³-hybridized carbons (Fsp3) is 0.222. The molecule has 0 atom stereocenters. The van der Waals surface area contributed by atoms with Crippen LogP contribution in [0.1, 0.15) is 16.4 Å². The molecule has 6 nitrogen and oxygen atoms in total. The van der Waals surface area contributed by atoms with Gasteiger partial charge >= 0.3 is 5.91 Å². The number of rotatable bonds is 2. The summed E-state index contributed by atoms with van der Waals surface area (Å²) in [7, 11) is 1.73. The highest BCUT2D eigenvalue weighted by Gasteiger charge is 2.13. The Kier molecular flexibility index (Phi) is 2.24. The van der Waals surface area contributed by atoms with Gasteiger partial charge in [-0.05, 0) is 6.92 Å². The highest BCUT2D eigenvalue weighted by atomic mass is 16.4. The normalized spacial score (nSPS) is 10.3. The van der Waals surface area contributed by atoms with Gasteiger partial charge in [-0.2, -0.15) is 5.10 Å². The molecule has 2 rings (SSSR count). The van der Waals surface area contributed by atoms with E-state index in [2.05, 4.69) is 15.4 Å². The third-order valence-corrected chi connectivity index (χ3v) is 1.88. The van der Waals surface area contributed by atoms with Crippen LogP contribution in [-0.4, -0.2) is 20.7 Å². The Morgan fingerprint density at radius 2 is 2.40 bits per heavy atom. The molecule has 0 aliphatic carbocycles. The molecular weight excluding hydrogens is 196 g/mol. The topological polar surface area (TPSA) is 73.0 Å². The number of hydrogen-bond acceptors (Lipinski definition) is 4. The minimum absolute atomic E-state index is 0.0497. The Bertz CT molecular complexity index is 486. The zero-order valence-electron chi connectivity index (χ0n) is 8.39. The van der Waals surface area contributed by atoms with E-state index in [1.807, 2.05) is 0 Å². The maximum absolute atomic E-state index is 11.6. The number of amides is 1. The lowest BCUT2D eigenvalue weighted by molar-refractivity contribution is 0.0988. The number of carbonyl (C=O) groups excluding carboxylic acids is 1. The molecule has 2 aromatic rings. The zero-order chi connectivity index (χ0) is 10.8. The van der Waals surface area contributed by atoms with Crippen molar-refractivity contribution in [3.05, 3.63) is 30.1 Å². The minimum atomic E-state index is -0.383. The van der Waals surface area contributed by atoms with Crippen molar-refractivity contribution in [1.29, 1.82) is 0 Å². The van der Waals surface area contributed by atoms with Crippen LogP contribution in [0.25, 0.3) is 0 Å². The molecule has 0 aliphatic heterocycles.